The fraction of sp³-hybridized carbons (Fsp3) is 0.350. The van der Waals surface area contributed by atoms with Gasteiger partial charge in [-0.2, -0.15) is 11.8 Å². The fourth-order valence-corrected chi connectivity index (χ4v) is 2.99. The van der Waals surface area contributed by atoms with E-state index in [1.807, 2.05) is 61.5 Å². The van der Waals surface area contributed by atoms with E-state index in [1.54, 1.807) is 11.8 Å². The monoisotopic (exact) mass is 359 g/mol. The Morgan fingerprint density at radius 1 is 0.960 bits per heavy atom. The van der Waals surface area contributed by atoms with Crippen molar-refractivity contribution in [2.45, 2.75) is 19.8 Å². The molecule has 0 unspecified atom stereocenters. The molecule has 0 aliphatic carbocycles. The fourth-order valence-electron chi connectivity index (χ4n) is 2.18. The predicted octanol–water partition coefficient (Wildman–Crippen LogP) is 4.62. The largest absolute Gasteiger partial charge is 0.494 e. The summed E-state index contributed by atoms with van der Waals surface area (Å²) in [6.45, 7) is 3.29. The van der Waals surface area contributed by atoms with E-state index in [0.717, 1.165) is 35.8 Å². The van der Waals surface area contributed by atoms with Gasteiger partial charge in [0.1, 0.15) is 11.5 Å². The minimum absolute atomic E-state index is 0.0229. The third-order valence-electron chi connectivity index (χ3n) is 3.38. The zero-order chi connectivity index (χ0) is 17.7. The van der Waals surface area contributed by atoms with Gasteiger partial charge in [0.2, 0.25) is 5.91 Å². The van der Waals surface area contributed by atoms with Crippen LogP contribution in [0.15, 0.2) is 54.6 Å². The van der Waals surface area contributed by atoms with Gasteiger partial charge in [-0.05, 0) is 61.9 Å². The van der Waals surface area contributed by atoms with E-state index in [-0.39, 0.29) is 5.91 Å². The number of amides is 1. The maximum absolute atomic E-state index is 11.9. The molecule has 0 fully saturated rings. The minimum atomic E-state index is 0.0229. The molecule has 5 heteroatoms. The number of para-hydroxylation sites is 1. The van der Waals surface area contributed by atoms with E-state index < -0.39 is 0 Å². The first-order valence-corrected chi connectivity index (χ1v) is 9.71. The highest BCUT2D eigenvalue weighted by Crippen LogP contribution is 2.16. The lowest BCUT2D eigenvalue weighted by atomic mass is 10.3. The number of rotatable bonds is 11. The molecule has 0 saturated heterocycles. The van der Waals surface area contributed by atoms with Crippen LogP contribution in [0.1, 0.15) is 19.8 Å². The Bertz CT molecular complexity index is 617. The quantitative estimate of drug-likeness (QED) is 0.595. The molecule has 0 radical (unpaired) electrons. The van der Waals surface area contributed by atoms with Gasteiger partial charge in [0.15, 0.2) is 0 Å². The molecule has 0 saturated carbocycles. The highest BCUT2D eigenvalue weighted by Gasteiger charge is 2.03. The molecule has 0 heterocycles. The van der Waals surface area contributed by atoms with Crippen LogP contribution in [0.4, 0.5) is 5.69 Å². The Morgan fingerprint density at radius 3 is 2.40 bits per heavy atom. The van der Waals surface area contributed by atoms with Crippen molar-refractivity contribution in [3.05, 3.63) is 54.6 Å². The molecule has 4 nitrogen and oxygen atoms in total. The maximum atomic E-state index is 11.9. The first-order valence-electron chi connectivity index (χ1n) is 8.56. The van der Waals surface area contributed by atoms with Gasteiger partial charge in [-0.3, -0.25) is 4.79 Å². The van der Waals surface area contributed by atoms with Crippen LogP contribution in [-0.2, 0) is 4.79 Å². The number of carbonyl (C=O) groups excluding carboxylic acids is 1. The lowest BCUT2D eigenvalue weighted by molar-refractivity contribution is -0.113. The second-order valence-corrected chi connectivity index (χ2v) is 6.53. The molecule has 1 N–H and O–H groups in total. The first kappa shape index (κ1) is 19.2. The van der Waals surface area contributed by atoms with Crippen LogP contribution in [0.3, 0.4) is 0 Å². The van der Waals surface area contributed by atoms with Crippen LogP contribution in [0.2, 0.25) is 0 Å². The minimum Gasteiger partial charge on any atom is -0.494 e. The summed E-state index contributed by atoms with van der Waals surface area (Å²) in [5.41, 5.74) is 0.797. The number of carbonyl (C=O) groups is 1. The van der Waals surface area contributed by atoms with Gasteiger partial charge in [0, 0.05) is 5.69 Å². The Labute approximate surface area is 153 Å². The molecular formula is C20H25NO3S. The second-order valence-electron chi connectivity index (χ2n) is 5.43. The number of thioether (sulfide) groups is 1. The van der Waals surface area contributed by atoms with E-state index >= 15 is 0 Å². The van der Waals surface area contributed by atoms with Crippen molar-refractivity contribution in [2.75, 3.05) is 30.0 Å². The van der Waals surface area contributed by atoms with Gasteiger partial charge in [-0.15, -0.1) is 0 Å². The van der Waals surface area contributed by atoms with E-state index in [1.165, 1.54) is 0 Å². The Kier molecular flexibility index (Phi) is 8.77. The second kappa shape index (κ2) is 11.4. The summed E-state index contributed by atoms with van der Waals surface area (Å²) >= 11 is 1.65. The molecule has 0 aliphatic rings. The van der Waals surface area contributed by atoms with Crippen LogP contribution >= 0.6 is 11.8 Å². The highest BCUT2D eigenvalue weighted by molar-refractivity contribution is 7.99. The van der Waals surface area contributed by atoms with Gasteiger partial charge in [-0.1, -0.05) is 18.2 Å². The molecule has 2 aromatic carbocycles. The summed E-state index contributed by atoms with van der Waals surface area (Å²) in [5.74, 6) is 3.16. The summed E-state index contributed by atoms with van der Waals surface area (Å²) < 4.78 is 11.0. The lowest BCUT2D eigenvalue weighted by Crippen LogP contribution is -2.14. The van der Waals surface area contributed by atoms with Gasteiger partial charge in [0.05, 0.1) is 19.0 Å². The van der Waals surface area contributed by atoms with E-state index in [2.05, 4.69) is 5.32 Å². The Hall–Kier alpha value is -2.14. The summed E-state index contributed by atoms with van der Waals surface area (Å²) in [6, 6.07) is 17.3. The standard InChI is InChI=1S/C20H25NO3S/c1-2-23-19-12-10-17(11-13-19)21-20(22)16-25-15-7-6-14-24-18-8-4-3-5-9-18/h3-5,8-13H,2,6-7,14-16H2,1H3,(H,21,22). The van der Waals surface area contributed by atoms with E-state index in [4.69, 9.17) is 9.47 Å². The maximum Gasteiger partial charge on any atom is 0.234 e. The molecule has 1 amide bonds. The SMILES string of the molecule is CCOc1ccc(NC(=O)CSCCCCOc2ccccc2)cc1. The van der Waals surface area contributed by atoms with Crippen molar-refractivity contribution in [3.63, 3.8) is 0 Å². The molecule has 0 aromatic heterocycles. The van der Waals surface area contributed by atoms with Crippen molar-refractivity contribution in [2.24, 2.45) is 0 Å². The number of unbranched alkanes of at least 4 members (excludes halogenated alkanes) is 1. The van der Waals surface area contributed by atoms with Crippen LogP contribution in [0, 0.1) is 0 Å². The van der Waals surface area contributed by atoms with E-state index in [9.17, 15) is 4.79 Å². The van der Waals surface area contributed by atoms with Gasteiger partial charge in [0.25, 0.3) is 0 Å². The average molecular weight is 359 g/mol. The molecule has 25 heavy (non-hydrogen) atoms. The number of nitrogens with one attached hydrogen (secondary N) is 1. The topological polar surface area (TPSA) is 47.6 Å². The van der Waals surface area contributed by atoms with Crippen LogP contribution in [0.5, 0.6) is 11.5 Å². The van der Waals surface area contributed by atoms with Crippen LogP contribution < -0.4 is 14.8 Å². The van der Waals surface area contributed by atoms with Crippen molar-refractivity contribution in [3.8, 4) is 11.5 Å². The summed E-state index contributed by atoms with van der Waals surface area (Å²) in [7, 11) is 0. The summed E-state index contributed by atoms with van der Waals surface area (Å²) in [4.78, 5) is 11.9. The molecule has 2 aromatic rings. The Balaban J connectivity index is 1.52. The number of hydrogen-bond donors (Lipinski definition) is 1. The van der Waals surface area contributed by atoms with Gasteiger partial charge >= 0.3 is 0 Å². The molecule has 0 atom stereocenters. The van der Waals surface area contributed by atoms with Crippen molar-refractivity contribution in [1.29, 1.82) is 0 Å². The van der Waals surface area contributed by atoms with E-state index in [0.29, 0.717) is 19.0 Å². The molecule has 134 valence electrons. The normalized spacial score (nSPS) is 10.3. The van der Waals surface area contributed by atoms with Crippen LogP contribution in [-0.4, -0.2) is 30.6 Å². The number of ether oxygens (including phenoxy) is 2. The average Bonchev–Trinajstić information content (AvgIpc) is 2.64. The molecular weight excluding hydrogens is 334 g/mol. The van der Waals surface area contributed by atoms with Crippen LogP contribution in [0.25, 0.3) is 0 Å². The van der Waals surface area contributed by atoms with Gasteiger partial charge in [-0.25, -0.2) is 0 Å². The molecule has 0 spiro atoms. The third-order valence-corrected chi connectivity index (χ3v) is 4.42. The van der Waals surface area contributed by atoms with Crippen molar-refractivity contribution < 1.29 is 14.3 Å². The summed E-state index contributed by atoms with van der Waals surface area (Å²) in [5, 5.41) is 2.89. The number of anilines is 1. The number of benzene rings is 2. The van der Waals surface area contributed by atoms with Gasteiger partial charge < -0.3 is 14.8 Å². The lowest BCUT2D eigenvalue weighted by Gasteiger charge is -2.07. The number of hydrogen-bond acceptors (Lipinski definition) is 4. The third kappa shape index (κ3) is 7.98. The molecule has 0 aliphatic heterocycles. The van der Waals surface area contributed by atoms with Crippen molar-refractivity contribution in [1.82, 2.24) is 0 Å². The molecule has 0 bridgehead atoms. The zero-order valence-corrected chi connectivity index (χ0v) is 15.4. The predicted molar refractivity (Wildman–Crippen MR) is 105 cm³/mol. The molecule has 2 rings (SSSR count). The van der Waals surface area contributed by atoms with Crippen molar-refractivity contribution >= 4 is 23.4 Å². The Morgan fingerprint density at radius 2 is 1.68 bits per heavy atom. The first-order chi connectivity index (χ1) is 12.3. The smallest absolute Gasteiger partial charge is 0.234 e. The zero-order valence-electron chi connectivity index (χ0n) is 14.6. The summed E-state index contributed by atoms with van der Waals surface area (Å²) in [6.07, 6.45) is 2.02. The highest BCUT2D eigenvalue weighted by atomic mass is 32.2.